The highest BCUT2D eigenvalue weighted by Crippen LogP contribution is 2.34. The fraction of sp³-hybridized carbons (Fsp3) is 0.600. The molecule has 0 heterocycles. The van der Waals surface area contributed by atoms with Crippen LogP contribution in [0.25, 0.3) is 0 Å². The Balaban J connectivity index is 2.31. The first-order valence-corrected chi connectivity index (χ1v) is 6.94. The molecule has 2 rings (SSSR count). The molecule has 0 saturated carbocycles. The van der Waals surface area contributed by atoms with E-state index in [0.717, 1.165) is 12.3 Å². The van der Waals surface area contributed by atoms with E-state index in [4.69, 9.17) is 0 Å². The zero-order chi connectivity index (χ0) is 11.9. The first-order valence-electron chi connectivity index (χ1n) is 6.15. The van der Waals surface area contributed by atoms with E-state index >= 15 is 0 Å². The summed E-state index contributed by atoms with van der Waals surface area (Å²) in [5.41, 5.74) is 4.97. The van der Waals surface area contributed by atoms with Crippen LogP contribution in [0.1, 0.15) is 44.4 Å². The predicted molar refractivity (Wildman–Crippen MR) is 73.9 cm³/mol. The third kappa shape index (κ3) is 2.68. The zero-order valence-corrected chi connectivity index (χ0v) is 12.3. The molecule has 0 bridgehead atoms. The number of benzene rings is 1. The van der Waals surface area contributed by atoms with Gasteiger partial charge in [0.05, 0.1) is 0 Å². The molecule has 1 heteroatoms. The van der Waals surface area contributed by atoms with E-state index in [9.17, 15) is 0 Å². The van der Waals surface area contributed by atoms with Crippen LogP contribution in [0, 0.1) is 11.3 Å². The van der Waals surface area contributed by atoms with Crippen LogP contribution in [0.3, 0.4) is 0 Å². The Labute approximate surface area is 108 Å². The van der Waals surface area contributed by atoms with Gasteiger partial charge in [0.2, 0.25) is 0 Å². The van der Waals surface area contributed by atoms with Crippen LogP contribution in [0.5, 0.6) is 0 Å². The molecule has 1 aromatic carbocycles. The van der Waals surface area contributed by atoms with Crippen molar-refractivity contribution in [3.63, 3.8) is 0 Å². The van der Waals surface area contributed by atoms with E-state index in [-0.39, 0.29) is 0 Å². The third-order valence-corrected chi connectivity index (χ3v) is 3.91. The number of hydrogen-bond donors (Lipinski definition) is 0. The highest BCUT2D eigenvalue weighted by atomic mass is 79.9. The maximum atomic E-state index is 3.73. The Morgan fingerprint density at radius 2 is 1.94 bits per heavy atom. The fourth-order valence-electron chi connectivity index (χ4n) is 2.68. The molecule has 0 nitrogen and oxygen atoms in total. The van der Waals surface area contributed by atoms with Gasteiger partial charge in [-0.25, -0.2) is 0 Å². The van der Waals surface area contributed by atoms with Crippen molar-refractivity contribution < 1.29 is 0 Å². The van der Waals surface area contributed by atoms with Crippen LogP contribution in [-0.2, 0) is 19.3 Å². The van der Waals surface area contributed by atoms with Gasteiger partial charge in [-0.2, -0.15) is 0 Å². The Kier molecular flexibility index (Phi) is 3.18. The zero-order valence-electron chi connectivity index (χ0n) is 10.7. The van der Waals surface area contributed by atoms with Gasteiger partial charge in [-0.1, -0.05) is 49.7 Å². The van der Waals surface area contributed by atoms with Gasteiger partial charge in [-0.05, 0) is 53.4 Å². The van der Waals surface area contributed by atoms with E-state index < -0.39 is 0 Å². The topological polar surface area (TPSA) is 0 Å². The molecular formula is C15H21Br. The van der Waals surface area contributed by atoms with Gasteiger partial charge in [0, 0.05) is 4.47 Å². The first kappa shape index (κ1) is 12.2. The molecule has 0 fully saturated rings. The maximum Gasteiger partial charge on any atom is 0.0212 e. The normalized spacial score (nSPS) is 19.9. The minimum Gasteiger partial charge on any atom is -0.0619 e. The molecule has 1 aromatic rings. The minimum absolute atomic E-state index is 0.373. The molecule has 1 aliphatic rings. The van der Waals surface area contributed by atoms with Crippen molar-refractivity contribution in [1.29, 1.82) is 0 Å². The van der Waals surface area contributed by atoms with Crippen LogP contribution in [0.2, 0.25) is 0 Å². The molecule has 0 radical (unpaired) electrons. The second-order valence-electron chi connectivity index (χ2n) is 6.47. The van der Waals surface area contributed by atoms with E-state index in [1.54, 1.807) is 11.1 Å². The van der Waals surface area contributed by atoms with E-state index in [1.807, 2.05) is 0 Å². The van der Waals surface area contributed by atoms with E-state index in [0.29, 0.717) is 5.41 Å². The minimum atomic E-state index is 0.373. The summed E-state index contributed by atoms with van der Waals surface area (Å²) < 4.78 is 1.33. The third-order valence-electron chi connectivity index (χ3n) is 3.20. The quantitative estimate of drug-likeness (QED) is 0.695. The first-order chi connectivity index (χ1) is 7.35. The van der Waals surface area contributed by atoms with Crippen molar-refractivity contribution in [1.82, 2.24) is 0 Å². The molecular weight excluding hydrogens is 260 g/mol. The summed E-state index contributed by atoms with van der Waals surface area (Å²) in [5, 5.41) is 0. The molecule has 1 aliphatic carbocycles. The van der Waals surface area contributed by atoms with Gasteiger partial charge in [-0.3, -0.25) is 0 Å². The summed E-state index contributed by atoms with van der Waals surface area (Å²) in [6, 6.07) is 4.75. The molecule has 0 N–H and O–H groups in total. The van der Waals surface area contributed by atoms with Crippen LogP contribution in [0.15, 0.2) is 16.6 Å². The molecule has 1 atom stereocenters. The molecule has 0 aliphatic heterocycles. The molecule has 0 spiro atoms. The summed E-state index contributed by atoms with van der Waals surface area (Å²) in [6.07, 6.45) is 3.66. The van der Waals surface area contributed by atoms with Crippen LogP contribution < -0.4 is 0 Å². The van der Waals surface area contributed by atoms with Gasteiger partial charge in [0.25, 0.3) is 0 Å². The lowest BCUT2D eigenvalue weighted by Gasteiger charge is -2.19. The monoisotopic (exact) mass is 280 g/mol. The van der Waals surface area contributed by atoms with Crippen molar-refractivity contribution in [3.05, 3.63) is 33.3 Å². The summed E-state index contributed by atoms with van der Waals surface area (Å²) in [7, 11) is 0. The second kappa shape index (κ2) is 4.18. The summed E-state index contributed by atoms with van der Waals surface area (Å²) >= 11 is 3.73. The Bertz CT molecular complexity index is 399. The largest absolute Gasteiger partial charge is 0.0619 e. The van der Waals surface area contributed by atoms with Gasteiger partial charge >= 0.3 is 0 Å². The highest BCUT2D eigenvalue weighted by Gasteiger charge is 2.21. The van der Waals surface area contributed by atoms with E-state index in [1.165, 1.54) is 22.9 Å². The number of halogens is 1. The Hall–Kier alpha value is -0.300. The Morgan fingerprint density at radius 1 is 1.25 bits per heavy atom. The van der Waals surface area contributed by atoms with Crippen molar-refractivity contribution in [3.8, 4) is 0 Å². The van der Waals surface area contributed by atoms with Gasteiger partial charge in [0.1, 0.15) is 0 Å². The van der Waals surface area contributed by atoms with Gasteiger partial charge in [0.15, 0.2) is 0 Å². The fourth-order valence-corrected chi connectivity index (χ4v) is 3.39. The van der Waals surface area contributed by atoms with Crippen molar-refractivity contribution >= 4 is 15.9 Å². The lowest BCUT2D eigenvalue weighted by atomic mass is 9.87. The van der Waals surface area contributed by atoms with Crippen LogP contribution in [0.4, 0.5) is 0 Å². The summed E-state index contributed by atoms with van der Waals surface area (Å²) in [4.78, 5) is 0. The van der Waals surface area contributed by atoms with Crippen molar-refractivity contribution in [2.75, 3.05) is 0 Å². The lowest BCUT2D eigenvalue weighted by Crippen LogP contribution is -2.09. The highest BCUT2D eigenvalue weighted by molar-refractivity contribution is 9.10. The van der Waals surface area contributed by atoms with Crippen LogP contribution >= 0.6 is 15.9 Å². The molecule has 0 saturated heterocycles. The molecule has 0 aromatic heterocycles. The Morgan fingerprint density at radius 3 is 2.56 bits per heavy atom. The van der Waals surface area contributed by atoms with Crippen molar-refractivity contribution in [2.45, 2.75) is 47.0 Å². The number of rotatable bonds is 1. The van der Waals surface area contributed by atoms with Crippen LogP contribution in [-0.4, -0.2) is 0 Å². The molecule has 1 unspecified atom stereocenters. The second-order valence-corrected chi connectivity index (χ2v) is 7.32. The van der Waals surface area contributed by atoms with Crippen molar-refractivity contribution in [2.24, 2.45) is 11.3 Å². The number of fused-ring (bicyclic) bond motifs is 1. The average Bonchev–Trinajstić information content (AvgIpc) is 2.42. The lowest BCUT2D eigenvalue weighted by molar-refractivity contribution is 0.411. The van der Waals surface area contributed by atoms with Gasteiger partial charge < -0.3 is 0 Å². The smallest absolute Gasteiger partial charge is 0.0212 e. The predicted octanol–water partition coefficient (Wildman–Crippen LogP) is 4.77. The summed E-state index contributed by atoms with van der Waals surface area (Å²) in [5.74, 6) is 0.816. The molecule has 0 amide bonds. The standard InChI is InChI=1S/C15H21Br/c1-10-5-12-7-11(9-15(2,3)4)8-14(16)13(12)6-10/h7-8,10H,5-6,9H2,1-4H3. The van der Waals surface area contributed by atoms with E-state index in [2.05, 4.69) is 55.8 Å². The summed E-state index contributed by atoms with van der Waals surface area (Å²) in [6.45, 7) is 9.25. The average molecular weight is 281 g/mol. The molecule has 16 heavy (non-hydrogen) atoms. The van der Waals surface area contributed by atoms with Gasteiger partial charge in [-0.15, -0.1) is 0 Å². The maximum absolute atomic E-state index is 3.73. The number of hydrogen-bond acceptors (Lipinski definition) is 0. The SMILES string of the molecule is CC1Cc2cc(CC(C)(C)C)cc(Br)c2C1. The molecule has 88 valence electrons.